The van der Waals surface area contributed by atoms with Crippen molar-refractivity contribution in [1.29, 1.82) is 0 Å². The SMILES string of the molecule is CCS(=O)(=O)N1CCC[C@H](C(=O)Nc2cccc(NC(C)=O)c2)C1. The molecule has 0 spiro atoms. The zero-order valence-corrected chi connectivity index (χ0v) is 14.7. The molecule has 24 heavy (non-hydrogen) atoms. The van der Waals surface area contributed by atoms with Gasteiger partial charge < -0.3 is 10.6 Å². The summed E-state index contributed by atoms with van der Waals surface area (Å²) in [6, 6.07) is 6.86. The molecule has 2 rings (SSSR count). The monoisotopic (exact) mass is 353 g/mol. The highest BCUT2D eigenvalue weighted by Gasteiger charge is 2.31. The summed E-state index contributed by atoms with van der Waals surface area (Å²) < 4.78 is 25.4. The molecule has 1 saturated heterocycles. The summed E-state index contributed by atoms with van der Waals surface area (Å²) in [7, 11) is -3.27. The summed E-state index contributed by atoms with van der Waals surface area (Å²) in [5.41, 5.74) is 1.17. The molecule has 2 amide bonds. The first-order valence-corrected chi connectivity index (χ1v) is 9.59. The Hall–Kier alpha value is -1.93. The van der Waals surface area contributed by atoms with Crippen LogP contribution in [0.2, 0.25) is 0 Å². The van der Waals surface area contributed by atoms with E-state index < -0.39 is 10.0 Å². The van der Waals surface area contributed by atoms with E-state index in [1.165, 1.54) is 11.2 Å². The lowest BCUT2D eigenvalue weighted by atomic mass is 9.98. The van der Waals surface area contributed by atoms with Gasteiger partial charge in [-0.15, -0.1) is 0 Å². The smallest absolute Gasteiger partial charge is 0.228 e. The van der Waals surface area contributed by atoms with Crippen molar-refractivity contribution in [2.24, 2.45) is 5.92 Å². The van der Waals surface area contributed by atoms with Gasteiger partial charge in [-0.25, -0.2) is 12.7 Å². The molecular weight excluding hydrogens is 330 g/mol. The topological polar surface area (TPSA) is 95.6 Å². The van der Waals surface area contributed by atoms with Gasteiger partial charge >= 0.3 is 0 Å². The van der Waals surface area contributed by atoms with Gasteiger partial charge in [-0.05, 0) is 38.0 Å². The number of amides is 2. The van der Waals surface area contributed by atoms with E-state index in [1.807, 2.05) is 0 Å². The Morgan fingerprint density at radius 2 is 1.92 bits per heavy atom. The van der Waals surface area contributed by atoms with Crippen LogP contribution < -0.4 is 10.6 Å². The first-order valence-electron chi connectivity index (χ1n) is 7.98. The number of nitrogens with one attached hydrogen (secondary N) is 2. The van der Waals surface area contributed by atoms with Gasteiger partial charge in [-0.1, -0.05) is 6.07 Å². The predicted molar refractivity (Wildman–Crippen MR) is 93.1 cm³/mol. The van der Waals surface area contributed by atoms with Crippen molar-refractivity contribution in [3.63, 3.8) is 0 Å². The Morgan fingerprint density at radius 1 is 1.25 bits per heavy atom. The molecule has 1 fully saturated rings. The Bertz CT molecular complexity index is 718. The fourth-order valence-electron chi connectivity index (χ4n) is 2.71. The van der Waals surface area contributed by atoms with Crippen LogP contribution in [0.4, 0.5) is 11.4 Å². The molecule has 0 aliphatic carbocycles. The van der Waals surface area contributed by atoms with Gasteiger partial charge in [0.2, 0.25) is 21.8 Å². The molecule has 0 bridgehead atoms. The van der Waals surface area contributed by atoms with Crippen molar-refractivity contribution >= 4 is 33.2 Å². The van der Waals surface area contributed by atoms with Crippen molar-refractivity contribution in [1.82, 2.24) is 4.31 Å². The third-order valence-corrected chi connectivity index (χ3v) is 5.81. The Kier molecular flexibility index (Phi) is 5.95. The standard InChI is InChI=1S/C16H23N3O4S/c1-3-24(22,23)19-9-5-6-13(11-19)16(21)18-15-8-4-7-14(10-15)17-12(2)20/h4,7-8,10,13H,3,5-6,9,11H2,1-2H3,(H,17,20)(H,18,21)/t13-/m0/s1. The second-order valence-electron chi connectivity index (χ2n) is 5.85. The van der Waals surface area contributed by atoms with Gasteiger partial charge in [-0.2, -0.15) is 0 Å². The van der Waals surface area contributed by atoms with Crippen LogP contribution in [-0.4, -0.2) is 43.4 Å². The third-order valence-electron chi connectivity index (χ3n) is 3.96. The second-order valence-corrected chi connectivity index (χ2v) is 8.11. The first-order chi connectivity index (χ1) is 11.3. The highest BCUT2D eigenvalue weighted by atomic mass is 32.2. The molecular formula is C16H23N3O4S. The van der Waals surface area contributed by atoms with Crippen molar-refractivity contribution in [2.45, 2.75) is 26.7 Å². The number of piperidine rings is 1. The minimum Gasteiger partial charge on any atom is -0.326 e. The number of carbonyl (C=O) groups excluding carboxylic acids is 2. The highest BCUT2D eigenvalue weighted by molar-refractivity contribution is 7.89. The number of carbonyl (C=O) groups is 2. The molecule has 8 heteroatoms. The van der Waals surface area contributed by atoms with Crippen molar-refractivity contribution in [3.05, 3.63) is 24.3 Å². The summed E-state index contributed by atoms with van der Waals surface area (Å²) in [6.07, 6.45) is 1.33. The van der Waals surface area contributed by atoms with Crippen LogP contribution in [0.5, 0.6) is 0 Å². The third kappa shape index (κ3) is 4.78. The van der Waals surface area contributed by atoms with Gasteiger partial charge in [-0.3, -0.25) is 9.59 Å². The fourth-order valence-corrected chi connectivity index (χ4v) is 3.89. The fraction of sp³-hybridized carbons (Fsp3) is 0.500. The molecule has 1 aromatic carbocycles. The average molecular weight is 353 g/mol. The maximum Gasteiger partial charge on any atom is 0.228 e. The van der Waals surface area contributed by atoms with E-state index in [1.54, 1.807) is 31.2 Å². The van der Waals surface area contributed by atoms with Crippen LogP contribution >= 0.6 is 0 Å². The van der Waals surface area contributed by atoms with E-state index >= 15 is 0 Å². The predicted octanol–water partition coefficient (Wildman–Crippen LogP) is 1.65. The Balaban J connectivity index is 2.03. The van der Waals surface area contributed by atoms with E-state index in [4.69, 9.17) is 0 Å². The minimum absolute atomic E-state index is 0.0418. The van der Waals surface area contributed by atoms with Crippen LogP contribution in [0.25, 0.3) is 0 Å². The molecule has 0 unspecified atom stereocenters. The van der Waals surface area contributed by atoms with E-state index in [0.29, 0.717) is 30.8 Å². The number of anilines is 2. The van der Waals surface area contributed by atoms with Crippen LogP contribution in [0, 0.1) is 5.92 Å². The Morgan fingerprint density at radius 3 is 2.54 bits per heavy atom. The van der Waals surface area contributed by atoms with E-state index in [-0.39, 0.29) is 30.0 Å². The maximum atomic E-state index is 12.4. The number of hydrogen-bond donors (Lipinski definition) is 2. The highest BCUT2D eigenvalue weighted by Crippen LogP contribution is 2.22. The zero-order valence-electron chi connectivity index (χ0n) is 13.9. The summed E-state index contributed by atoms with van der Waals surface area (Å²) in [4.78, 5) is 23.5. The van der Waals surface area contributed by atoms with Crippen molar-refractivity contribution < 1.29 is 18.0 Å². The molecule has 1 aromatic rings. The lowest BCUT2D eigenvalue weighted by molar-refractivity contribution is -0.121. The summed E-state index contributed by atoms with van der Waals surface area (Å²) in [6.45, 7) is 3.70. The van der Waals surface area contributed by atoms with Gasteiger partial charge in [0.1, 0.15) is 0 Å². The molecule has 1 aliphatic heterocycles. The second kappa shape index (κ2) is 7.76. The van der Waals surface area contributed by atoms with Crippen LogP contribution in [0.15, 0.2) is 24.3 Å². The first kappa shape index (κ1) is 18.4. The summed E-state index contributed by atoms with van der Waals surface area (Å²) in [5.74, 6) is -0.721. The quantitative estimate of drug-likeness (QED) is 0.841. The average Bonchev–Trinajstić information content (AvgIpc) is 2.54. The summed E-state index contributed by atoms with van der Waals surface area (Å²) in [5, 5.41) is 5.46. The molecule has 1 aliphatic rings. The van der Waals surface area contributed by atoms with Crippen LogP contribution in [-0.2, 0) is 19.6 Å². The lowest BCUT2D eigenvalue weighted by Crippen LogP contribution is -2.44. The van der Waals surface area contributed by atoms with Gasteiger partial charge in [0.05, 0.1) is 11.7 Å². The summed E-state index contributed by atoms with van der Waals surface area (Å²) >= 11 is 0. The van der Waals surface area contributed by atoms with E-state index in [2.05, 4.69) is 10.6 Å². The zero-order chi connectivity index (χ0) is 17.7. The molecule has 0 aromatic heterocycles. The van der Waals surface area contributed by atoms with E-state index in [0.717, 1.165) is 0 Å². The van der Waals surface area contributed by atoms with Crippen molar-refractivity contribution in [2.75, 3.05) is 29.5 Å². The number of hydrogen-bond acceptors (Lipinski definition) is 4. The van der Waals surface area contributed by atoms with Crippen molar-refractivity contribution in [3.8, 4) is 0 Å². The van der Waals surface area contributed by atoms with Gasteiger partial charge in [0.15, 0.2) is 0 Å². The molecule has 7 nitrogen and oxygen atoms in total. The largest absolute Gasteiger partial charge is 0.326 e. The Labute approximate surface area is 142 Å². The van der Waals surface area contributed by atoms with Crippen LogP contribution in [0.3, 0.4) is 0 Å². The molecule has 1 atom stereocenters. The normalized spacial score (nSPS) is 18.8. The number of benzene rings is 1. The number of sulfonamides is 1. The van der Waals surface area contributed by atoms with Gasteiger partial charge in [0.25, 0.3) is 0 Å². The maximum absolute atomic E-state index is 12.4. The molecule has 1 heterocycles. The molecule has 132 valence electrons. The van der Waals surface area contributed by atoms with Gasteiger partial charge in [0, 0.05) is 31.4 Å². The molecule has 0 radical (unpaired) electrons. The molecule has 0 saturated carbocycles. The number of rotatable bonds is 5. The minimum atomic E-state index is -3.27. The van der Waals surface area contributed by atoms with Crippen LogP contribution in [0.1, 0.15) is 26.7 Å². The molecule has 2 N–H and O–H groups in total. The lowest BCUT2D eigenvalue weighted by Gasteiger charge is -2.30. The van der Waals surface area contributed by atoms with E-state index in [9.17, 15) is 18.0 Å². The number of nitrogens with zero attached hydrogens (tertiary/aromatic N) is 1.